The number of methoxy groups -OCH3 is 1. The minimum atomic E-state index is -0.532. The van der Waals surface area contributed by atoms with Crippen molar-refractivity contribution in [2.45, 2.75) is 31.3 Å². The average Bonchev–Trinajstić information content (AvgIpc) is 3.29. The Bertz CT molecular complexity index is 881. The van der Waals surface area contributed by atoms with E-state index in [1.54, 1.807) is 47.6 Å². The van der Waals surface area contributed by atoms with Crippen LogP contribution < -0.4 is 15.0 Å². The van der Waals surface area contributed by atoms with E-state index in [4.69, 9.17) is 4.74 Å². The summed E-state index contributed by atoms with van der Waals surface area (Å²) in [7, 11) is 1.56. The number of nitrogens with zero attached hydrogens (tertiary/aromatic N) is 2. The molecule has 7 nitrogen and oxygen atoms in total. The molecule has 4 rings (SSSR count). The fourth-order valence-corrected chi connectivity index (χ4v) is 4.45. The number of ether oxygens (including phenoxy) is 1. The number of nitrogens with one attached hydrogen (secondary N) is 1. The second-order valence-corrected chi connectivity index (χ2v) is 7.94. The van der Waals surface area contributed by atoms with Gasteiger partial charge in [-0.25, -0.2) is 9.69 Å². The van der Waals surface area contributed by atoms with Gasteiger partial charge in [-0.3, -0.25) is 9.59 Å². The minimum absolute atomic E-state index is 0.0512. The average molecular weight is 399 g/mol. The Hall–Kier alpha value is -2.87. The quantitative estimate of drug-likeness (QED) is 0.783. The molecule has 2 aromatic rings. The molecule has 8 heteroatoms. The topological polar surface area (TPSA) is 79.0 Å². The van der Waals surface area contributed by atoms with Crippen molar-refractivity contribution in [1.29, 1.82) is 0 Å². The molecule has 2 fully saturated rings. The number of carbonyl (C=O) groups excluding carboxylic acids is 3. The largest absolute Gasteiger partial charge is 0.497 e. The molecule has 4 amide bonds. The van der Waals surface area contributed by atoms with Crippen LogP contribution >= 0.6 is 11.3 Å². The maximum absolute atomic E-state index is 12.9. The number of thiophene rings is 1. The highest BCUT2D eigenvalue weighted by Crippen LogP contribution is 2.31. The molecule has 1 aromatic heterocycles. The molecule has 0 aliphatic carbocycles. The van der Waals surface area contributed by atoms with Crippen molar-refractivity contribution in [3.8, 4) is 5.75 Å². The second-order valence-electron chi connectivity index (χ2n) is 6.91. The molecule has 0 spiro atoms. The highest BCUT2D eigenvalue weighted by molar-refractivity contribution is 7.10. The Morgan fingerprint density at radius 3 is 2.71 bits per heavy atom. The molecule has 28 heavy (non-hydrogen) atoms. The minimum Gasteiger partial charge on any atom is -0.497 e. The molecule has 2 aliphatic heterocycles. The third kappa shape index (κ3) is 3.47. The fourth-order valence-electron chi connectivity index (χ4n) is 3.75. The summed E-state index contributed by atoms with van der Waals surface area (Å²) >= 11 is 1.55. The maximum atomic E-state index is 12.9. The molecule has 1 aromatic carbocycles. The van der Waals surface area contributed by atoms with E-state index in [0.29, 0.717) is 37.2 Å². The molecular formula is C20H21N3O4S. The highest BCUT2D eigenvalue weighted by Gasteiger charge is 2.48. The monoisotopic (exact) mass is 399 g/mol. The van der Waals surface area contributed by atoms with Crippen molar-refractivity contribution in [2.24, 2.45) is 0 Å². The first-order valence-corrected chi connectivity index (χ1v) is 10.0. The lowest BCUT2D eigenvalue weighted by atomic mass is 9.97. The van der Waals surface area contributed by atoms with E-state index in [0.717, 1.165) is 4.88 Å². The van der Waals surface area contributed by atoms with Crippen molar-refractivity contribution in [1.82, 2.24) is 10.2 Å². The lowest BCUT2D eigenvalue weighted by molar-refractivity contribution is -0.124. The zero-order valence-corrected chi connectivity index (χ0v) is 16.3. The lowest BCUT2D eigenvalue weighted by Crippen LogP contribution is -2.50. The number of hydrogen-bond acceptors (Lipinski definition) is 5. The Balaban J connectivity index is 1.42. The third-order valence-electron chi connectivity index (χ3n) is 5.16. The second kappa shape index (κ2) is 7.63. The number of urea groups is 1. The van der Waals surface area contributed by atoms with Crippen LogP contribution in [0, 0.1) is 0 Å². The molecule has 0 radical (unpaired) electrons. The summed E-state index contributed by atoms with van der Waals surface area (Å²) in [6, 6.07) is 9.75. The van der Waals surface area contributed by atoms with Crippen LogP contribution in [0.3, 0.4) is 0 Å². The number of piperidine rings is 1. The van der Waals surface area contributed by atoms with Crippen molar-refractivity contribution >= 4 is 34.9 Å². The van der Waals surface area contributed by atoms with Crippen LogP contribution in [0.1, 0.15) is 17.7 Å². The van der Waals surface area contributed by atoms with Gasteiger partial charge in [0, 0.05) is 17.5 Å². The van der Waals surface area contributed by atoms with Crippen LogP contribution in [0.25, 0.3) is 0 Å². The van der Waals surface area contributed by atoms with Gasteiger partial charge in [-0.05, 0) is 48.6 Å². The first-order chi connectivity index (χ1) is 13.6. The zero-order valence-electron chi connectivity index (χ0n) is 15.5. The van der Waals surface area contributed by atoms with Gasteiger partial charge in [-0.2, -0.15) is 0 Å². The van der Waals surface area contributed by atoms with Gasteiger partial charge >= 0.3 is 6.03 Å². The maximum Gasteiger partial charge on any atom is 0.332 e. The smallest absolute Gasteiger partial charge is 0.332 e. The van der Waals surface area contributed by atoms with Gasteiger partial charge in [0.2, 0.25) is 5.91 Å². The number of fused-ring (bicyclic) bond motifs is 1. The van der Waals surface area contributed by atoms with E-state index < -0.39 is 6.04 Å². The van der Waals surface area contributed by atoms with Crippen LogP contribution in [0.4, 0.5) is 10.5 Å². The number of hydrogen-bond donors (Lipinski definition) is 1. The van der Waals surface area contributed by atoms with E-state index in [2.05, 4.69) is 5.32 Å². The standard InChI is InChI=1S/C20H21N3O4S/c1-27-15-6-4-14(5-7-15)23-19(25)17-11-13(8-9-22(17)20(23)26)21-18(24)12-16-3-2-10-28-16/h2-7,10,13,17H,8-9,11-12H2,1H3,(H,21,24)/t13-,17+/m0/s1. The van der Waals surface area contributed by atoms with E-state index in [1.165, 1.54) is 4.90 Å². The van der Waals surface area contributed by atoms with Gasteiger partial charge in [-0.1, -0.05) is 6.07 Å². The van der Waals surface area contributed by atoms with Crippen molar-refractivity contribution in [3.63, 3.8) is 0 Å². The molecule has 2 saturated heterocycles. The summed E-state index contributed by atoms with van der Waals surface area (Å²) < 4.78 is 5.13. The van der Waals surface area contributed by atoms with Gasteiger partial charge in [-0.15, -0.1) is 11.3 Å². The molecule has 0 unspecified atom stereocenters. The third-order valence-corrected chi connectivity index (χ3v) is 6.03. The highest BCUT2D eigenvalue weighted by atomic mass is 32.1. The van der Waals surface area contributed by atoms with Gasteiger partial charge in [0.1, 0.15) is 11.8 Å². The normalized spacial score (nSPS) is 21.6. The van der Waals surface area contributed by atoms with Gasteiger partial charge in [0.25, 0.3) is 5.91 Å². The molecule has 146 valence electrons. The molecule has 2 atom stereocenters. The number of carbonyl (C=O) groups is 3. The zero-order chi connectivity index (χ0) is 19.7. The molecule has 0 bridgehead atoms. The van der Waals surface area contributed by atoms with Gasteiger partial charge in [0.05, 0.1) is 19.2 Å². The summed E-state index contributed by atoms with van der Waals surface area (Å²) in [5.41, 5.74) is 0.531. The predicted molar refractivity (Wildman–Crippen MR) is 106 cm³/mol. The predicted octanol–water partition coefficient (Wildman–Crippen LogP) is 2.42. The van der Waals surface area contributed by atoms with Crippen molar-refractivity contribution in [3.05, 3.63) is 46.7 Å². The Morgan fingerprint density at radius 2 is 2.04 bits per heavy atom. The Kier molecular flexibility index (Phi) is 5.04. The van der Waals surface area contributed by atoms with Crippen LogP contribution in [0.15, 0.2) is 41.8 Å². The Labute approximate surface area is 166 Å². The number of amides is 4. The molecule has 2 aliphatic rings. The lowest BCUT2D eigenvalue weighted by Gasteiger charge is -2.32. The first kappa shape index (κ1) is 18.5. The molecule has 3 heterocycles. The van der Waals surface area contributed by atoms with Crippen molar-refractivity contribution in [2.75, 3.05) is 18.6 Å². The van der Waals surface area contributed by atoms with Crippen LogP contribution in [0.5, 0.6) is 5.75 Å². The summed E-state index contributed by atoms with van der Waals surface area (Å²) in [5.74, 6) is 0.367. The summed E-state index contributed by atoms with van der Waals surface area (Å²) in [6.45, 7) is 0.450. The number of rotatable bonds is 5. The number of imide groups is 1. The van der Waals surface area contributed by atoms with Crippen LogP contribution in [0.2, 0.25) is 0 Å². The first-order valence-electron chi connectivity index (χ1n) is 9.17. The van der Waals surface area contributed by atoms with Gasteiger partial charge in [0.15, 0.2) is 0 Å². The van der Waals surface area contributed by atoms with E-state index >= 15 is 0 Å². The molecule has 1 N–H and O–H groups in total. The number of benzene rings is 1. The van der Waals surface area contributed by atoms with Crippen LogP contribution in [-0.4, -0.2) is 48.5 Å². The van der Waals surface area contributed by atoms with Crippen LogP contribution in [-0.2, 0) is 16.0 Å². The summed E-state index contributed by atoms with van der Waals surface area (Å²) in [6.07, 6.45) is 1.42. The summed E-state index contributed by atoms with van der Waals surface area (Å²) in [5, 5.41) is 4.96. The SMILES string of the molecule is COc1ccc(N2C(=O)[C@H]3C[C@@H](NC(=O)Cc4cccs4)CCN3C2=O)cc1. The fraction of sp³-hybridized carbons (Fsp3) is 0.350. The van der Waals surface area contributed by atoms with E-state index in [-0.39, 0.29) is 23.9 Å². The molecule has 0 saturated carbocycles. The number of anilines is 1. The van der Waals surface area contributed by atoms with E-state index in [9.17, 15) is 14.4 Å². The Morgan fingerprint density at radius 1 is 1.25 bits per heavy atom. The summed E-state index contributed by atoms with van der Waals surface area (Å²) in [4.78, 5) is 41.8. The van der Waals surface area contributed by atoms with Crippen molar-refractivity contribution < 1.29 is 19.1 Å². The van der Waals surface area contributed by atoms with Gasteiger partial charge < -0.3 is 15.0 Å². The van der Waals surface area contributed by atoms with E-state index in [1.807, 2.05) is 17.5 Å². The molecular weight excluding hydrogens is 378 g/mol.